The Morgan fingerprint density at radius 3 is 2.39 bits per heavy atom. The zero-order valence-corrected chi connectivity index (χ0v) is 19.3. The number of aromatic nitrogens is 1. The van der Waals surface area contributed by atoms with Crippen molar-refractivity contribution in [2.24, 2.45) is 0 Å². The normalized spacial score (nSPS) is 11.1. The van der Waals surface area contributed by atoms with Crippen LogP contribution in [0.2, 0.25) is 5.02 Å². The highest BCUT2D eigenvalue weighted by Crippen LogP contribution is 2.27. The molecule has 1 N–H and O–H groups in total. The van der Waals surface area contributed by atoms with E-state index < -0.39 is 0 Å². The number of hydrogen-bond acceptors (Lipinski definition) is 4. The summed E-state index contributed by atoms with van der Waals surface area (Å²) < 4.78 is 0. The van der Waals surface area contributed by atoms with Crippen LogP contribution in [0.4, 0.5) is 11.4 Å². The van der Waals surface area contributed by atoms with E-state index >= 15 is 0 Å². The van der Waals surface area contributed by atoms with Gasteiger partial charge >= 0.3 is 0 Å². The summed E-state index contributed by atoms with van der Waals surface area (Å²) in [6, 6.07) is 15.7. The number of benzene rings is 2. The van der Waals surface area contributed by atoms with Gasteiger partial charge in [0.05, 0.1) is 11.9 Å². The summed E-state index contributed by atoms with van der Waals surface area (Å²) >= 11 is 6.08. The molecule has 3 aromatic rings. The number of rotatable bonds is 10. The monoisotopic (exact) mass is 438 g/mol. The lowest BCUT2D eigenvalue weighted by Crippen LogP contribution is -2.39. The molecule has 0 radical (unpaired) electrons. The van der Waals surface area contributed by atoms with Crippen molar-refractivity contribution >= 4 is 39.8 Å². The number of nitrogens with zero attached hydrogens (tertiary/aromatic N) is 3. The molecule has 0 saturated heterocycles. The minimum atomic E-state index is 0.173. The average Bonchev–Trinajstić information content (AvgIpc) is 2.78. The van der Waals surface area contributed by atoms with Crippen molar-refractivity contribution in [1.29, 1.82) is 0 Å². The van der Waals surface area contributed by atoms with Gasteiger partial charge < -0.3 is 15.1 Å². The zero-order valence-electron chi connectivity index (χ0n) is 18.6. The van der Waals surface area contributed by atoms with E-state index in [9.17, 15) is 4.79 Å². The summed E-state index contributed by atoms with van der Waals surface area (Å²) in [6.45, 7) is 10.8. The molecule has 2 aromatic carbocycles. The van der Waals surface area contributed by atoms with Crippen LogP contribution in [0.5, 0.6) is 0 Å². The molecule has 1 amide bonds. The van der Waals surface area contributed by atoms with Crippen LogP contribution in [0.1, 0.15) is 26.3 Å². The van der Waals surface area contributed by atoms with Gasteiger partial charge in [-0.25, -0.2) is 0 Å². The third kappa shape index (κ3) is 6.18. The number of halogens is 1. The predicted molar refractivity (Wildman–Crippen MR) is 130 cm³/mol. The lowest BCUT2D eigenvalue weighted by atomic mass is 10.1. The van der Waals surface area contributed by atoms with Gasteiger partial charge in [0, 0.05) is 47.6 Å². The highest BCUT2D eigenvalue weighted by Gasteiger charge is 2.13. The molecule has 0 aliphatic heterocycles. The number of carbonyl (C=O) groups excluding carboxylic acids is 1. The van der Waals surface area contributed by atoms with Gasteiger partial charge in [-0.1, -0.05) is 37.6 Å². The molecule has 0 aliphatic rings. The van der Waals surface area contributed by atoms with Gasteiger partial charge in [0.2, 0.25) is 5.91 Å². The summed E-state index contributed by atoms with van der Waals surface area (Å²) in [7, 11) is 0. The number of carbonyl (C=O) groups is 1. The minimum absolute atomic E-state index is 0.173. The summed E-state index contributed by atoms with van der Waals surface area (Å²) in [6.07, 6.45) is 2.19. The molecule has 1 heterocycles. The third-order valence-corrected chi connectivity index (χ3v) is 5.84. The fourth-order valence-electron chi connectivity index (χ4n) is 3.64. The first-order valence-corrected chi connectivity index (χ1v) is 11.3. The molecule has 0 spiro atoms. The Balaban J connectivity index is 1.63. The Bertz CT molecular complexity index is 1000. The standard InChI is InChI=1S/C25H31ClN4O/c1-4-29(5-2)15-16-30(6-3)25(31)17-19-7-10-21(11-8-19)28-23-13-14-27-24-18-20(26)9-12-22(23)24/h7-14,18H,4-6,15-17H2,1-3H3,(H,27,28). The van der Waals surface area contributed by atoms with Crippen molar-refractivity contribution in [2.75, 3.05) is 38.0 Å². The van der Waals surface area contributed by atoms with Crippen molar-refractivity contribution in [2.45, 2.75) is 27.2 Å². The van der Waals surface area contributed by atoms with E-state index in [2.05, 4.69) is 29.0 Å². The Morgan fingerprint density at radius 2 is 1.71 bits per heavy atom. The van der Waals surface area contributed by atoms with Crippen molar-refractivity contribution in [3.05, 3.63) is 65.3 Å². The van der Waals surface area contributed by atoms with Gasteiger partial charge in [0.25, 0.3) is 0 Å². The van der Waals surface area contributed by atoms with Gasteiger partial charge in [-0.2, -0.15) is 0 Å². The second-order valence-electron chi connectivity index (χ2n) is 7.52. The maximum Gasteiger partial charge on any atom is 0.227 e. The number of amides is 1. The third-order valence-electron chi connectivity index (χ3n) is 5.61. The summed E-state index contributed by atoms with van der Waals surface area (Å²) in [4.78, 5) is 21.4. The molecule has 0 saturated carbocycles. The van der Waals surface area contributed by atoms with Crippen LogP contribution in [0.15, 0.2) is 54.7 Å². The molecular weight excluding hydrogens is 408 g/mol. The molecular formula is C25H31ClN4O. The lowest BCUT2D eigenvalue weighted by Gasteiger charge is -2.25. The summed E-state index contributed by atoms with van der Waals surface area (Å²) in [5, 5.41) is 5.13. The Morgan fingerprint density at radius 1 is 0.968 bits per heavy atom. The number of pyridine rings is 1. The zero-order chi connectivity index (χ0) is 22.2. The van der Waals surface area contributed by atoms with Gasteiger partial charge in [-0.05, 0) is 62.0 Å². The molecule has 0 atom stereocenters. The summed E-state index contributed by atoms with van der Waals surface area (Å²) in [5.74, 6) is 0.173. The van der Waals surface area contributed by atoms with E-state index in [4.69, 9.17) is 11.6 Å². The molecule has 0 fully saturated rings. The lowest BCUT2D eigenvalue weighted by molar-refractivity contribution is -0.130. The molecule has 0 aliphatic carbocycles. The van der Waals surface area contributed by atoms with Gasteiger partial charge in [0.15, 0.2) is 0 Å². The van der Waals surface area contributed by atoms with Crippen LogP contribution < -0.4 is 5.32 Å². The van der Waals surface area contributed by atoms with Crippen LogP contribution in [-0.4, -0.2) is 53.4 Å². The predicted octanol–water partition coefficient (Wildman–Crippen LogP) is 5.36. The van der Waals surface area contributed by atoms with Crippen LogP contribution in [0.25, 0.3) is 10.9 Å². The second-order valence-corrected chi connectivity index (χ2v) is 7.96. The smallest absolute Gasteiger partial charge is 0.227 e. The second kappa shape index (κ2) is 11.1. The van der Waals surface area contributed by atoms with E-state index in [1.165, 1.54) is 0 Å². The minimum Gasteiger partial charge on any atom is -0.355 e. The number of anilines is 2. The SMILES string of the molecule is CCN(CC)CCN(CC)C(=O)Cc1ccc(Nc2ccnc3cc(Cl)ccc23)cc1. The maximum atomic E-state index is 12.8. The fraction of sp³-hybridized carbons (Fsp3) is 0.360. The first kappa shape index (κ1) is 23.0. The van der Waals surface area contributed by atoms with E-state index in [-0.39, 0.29) is 5.91 Å². The molecule has 0 bridgehead atoms. The van der Waals surface area contributed by atoms with Crippen LogP contribution in [-0.2, 0) is 11.2 Å². The van der Waals surface area contributed by atoms with Crippen molar-refractivity contribution in [1.82, 2.24) is 14.8 Å². The fourth-order valence-corrected chi connectivity index (χ4v) is 3.81. The topological polar surface area (TPSA) is 48.5 Å². The van der Waals surface area contributed by atoms with Gasteiger partial charge in [-0.15, -0.1) is 0 Å². The van der Waals surface area contributed by atoms with E-state index in [0.29, 0.717) is 11.4 Å². The van der Waals surface area contributed by atoms with E-state index in [0.717, 1.165) is 60.6 Å². The summed E-state index contributed by atoms with van der Waals surface area (Å²) in [5.41, 5.74) is 3.80. The van der Waals surface area contributed by atoms with Crippen molar-refractivity contribution in [3.63, 3.8) is 0 Å². The first-order valence-electron chi connectivity index (χ1n) is 10.9. The molecule has 0 unspecified atom stereocenters. The van der Waals surface area contributed by atoms with Crippen LogP contribution in [0, 0.1) is 0 Å². The van der Waals surface area contributed by atoms with Crippen molar-refractivity contribution in [3.8, 4) is 0 Å². The maximum absolute atomic E-state index is 12.8. The Hall–Kier alpha value is -2.63. The molecule has 5 nitrogen and oxygen atoms in total. The number of likely N-dealkylation sites (N-methyl/N-ethyl adjacent to an activating group) is 2. The molecule has 6 heteroatoms. The quantitative estimate of drug-likeness (QED) is 0.462. The Kier molecular flexibility index (Phi) is 8.27. The van der Waals surface area contributed by atoms with E-state index in [1.54, 1.807) is 6.20 Å². The number of fused-ring (bicyclic) bond motifs is 1. The van der Waals surface area contributed by atoms with Crippen LogP contribution in [0.3, 0.4) is 0 Å². The molecule has 3 rings (SSSR count). The molecule has 31 heavy (non-hydrogen) atoms. The number of hydrogen-bond donors (Lipinski definition) is 1. The van der Waals surface area contributed by atoms with Crippen LogP contribution >= 0.6 is 11.6 Å². The molecule has 164 valence electrons. The average molecular weight is 439 g/mol. The highest BCUT2D eigenvalue weighted by atomic mass is 35.5. The van der Waals surface area contributed by atoms with Gasteiger partial charge in [-0.3, -0.25) is 9.78 Å². The van der Waals surface area contributed by atoms with E-state index in [1.807, 2.05) is 60.4 Å². The van der Waals surface area contributed by atoms with Crippen molar-refractivity contribution < 1.29 is 4.79 Å². The first-order chi connectivity index (χ1) is 15.0. The largest absolute Gasteiger partial charge is 0.355 e. The highest BCUT2D eigenvalue weighted by molar-refractivity contribution is 6.31. The van der Waals surface area contributed by atoms with Gasteiger partial charge in [0.1, 0.15) is 0 Å². The Labute approximate surface area is 190 Å². The molecule has 1 aromatic heterocycles. The number of nitrogens with one attached hydrogen (secondary N) is 1.